The summed E-state index contributed by atoms with van der Waals surface area (Å²) in [4.78, 5) is 44.9. The number of aromatic amines is 2. The highest BCUT2D eigenvalue weighted by Crippen LogP contribution is 2.33. The lowest BCUT2D eigenvalue weighted by Crippen LogP contribution is -2.47. The van der Waals surface area contributed by atoms with Gasteiger partial charge in [0.25, 0.3) is 0 Å². The number of piperidine rings is 1. The van der Waals surface area contributed by atoms with E-state index in [-0.39, 0.29) is 17.9 Å². The average molecular weight is 566 g/mol. The number of carbonyl (C=O) groups excluding carboxylic acids is 2. The number of nitrogens with zero attached hydrogens (tertiary/aromatic N) is 4. The molecule has 9 nitrogen and oxygen atoms in total. The van der Waals surface area contributed by atoms with Gasteiger partial charge in [-0.05, 0) is 53.9 Å². The third-order valence-electron chi connectivity index (χ3n) is 8.33. The fourth-order valence-electron chi connectivity index (χ4n) is 6.05. The molecule has 2 aliphatic heterocycles. The molecule has 0 unspecified atom stereocenters. The SMILES string of the molecule is CC(C)CC(=O)N1CCC[C@H]1c1ncc(-c2ccc(-c3ccc(-c4cnc(CN5CCC[C@H](N)C5=O)[nH]4)cc3)cc2)[nH]1. The van der Waals surface area contributed by atoms with Gasteiger partial charge in [-0.25, -0.2) is 9.97 Å². The van der Waals surface area contributed by atoms with Crippen LogP contribution in [0.2, 0.25) is 0 Å². The Morgan fingerprint density at radius 3 is 2.14 bits per heavy atom. The number of imidazole rings is 2. The Hall–Kier alpha value is -4.24. The summed E-state index contributed by atoms with van der Waals surface area (Å²) in [5.41, 5.74) is 12.1. The van der Waals surface area contributed by atoms with E-state index in [1.807, 2.05) is 17.3 Å². The number of amides is 2. The second-order valence-corrected chi connectivity index (χ2v) is 11.9. The summed E-state index contributed by atoms with van der Waals surface area (Å²) in [7, 11) is 0. The number of H-pyrrole nitrogens is 2. The van der Waals surface area contributed by atoms with Crippen LogP contribution in [0.25, 0.3) is 33.6 Å². The van der Waals surface area contributed by atoms with Crippen molar-refractivity contribution in [1.82, 2.24) is 29.7 Å². The Bertz CT molecular complexity index is 1540. The molecule has 9 heteroatoms. The summed E-state index contributed by atoms with van der Waals surface area (Å²) in [5, 5.41) is 0. The van der Waals surface area contributed by atoms with Crippen molar-refractivity contribution in [2.45, 2.75) is 64.6 Å². The molecule has 4 N–H and O–H groups in total. The normalized spacial score (nSPS) is 19.2. The number of hydrogen-bond donors (Lipinski definition) is 3. The minimum atomic E-state index is -0.402. The zero-order chi connectivity index (χ0) is 29.2. The summed E-state index contributed by atoms with van der Waals surface area (Å²) in [6.07, 6.45) is 7.89. The highest BCUT2D eigenvalue weighted by molar-refractivity contribution is 5.82. The molecule has 4 heterocycles. The van der Waals surface area contributed by atoms with Crippen molar-refractivity contribution in [3.63, 3.8) is 0 Å². The van der Waals surface area contributed by atoms with Crippen molar-refractivity contribution in [3.05, 3.63) is 72.6 Å². The number of rotatable bonds is 8. The molecule has 2 fully saturated rings. The molecule has 2 saturated heterocycles. The molecular weight excluding hydrogens is 526 g/mol. The van der Waals surface area contributed by atoms with E-state index in [0.29, 0.717) is 18.9 Å². The zero-order valence-corrected chi connectivity index (χ0v) is 24.3. The van der Waals surface area contributed by atoms with Gasteiger partial charge in [-0.1, -0.05) is 62.4 Å². The first kappa shape index (κ1) is 27.9. The maximum absolute atomic E-state index is 12.7. The van der Waals surface area contributed by atoms with Gasteiger partial charge in [0.05, 0.1) is 42.4 Å². The molecule has 2 aromatic carbocycles. The van der Waals surface area contributed by atoms with Crippen LogP contribution in [0, 0.1) is 5.92 Å². The fraction of sp³-hybridized carbons (Fsp3) is 0.394. The Morgan fingerprint density at radius 2 is 1.48 bits per heavy atom. The summed E-state index contributed by atoms with van der Waals surface area (Å²) < 4.78 is 0. The maximum atomic E-state index is 12.7. The number of aromatic nitrogens is 4. The minimum absolute atomic E-state index is 0.00316. The molecule has 0 saturated carbocycles. The Labute approximate surface area is 246 Å². The largest absolute Gasteiger partial charge is 0.341 e. The van der Waals surface area contributed by atoms with Crippen molar-refractivity contribution in [2.75, 3.05) is 13.1 Å². The van der Waals surface area contributed by atoms with Crippen LogP contribution in [0.5, 0.6) is 0 Å². The molecule has 6 rings (SSSR count). The molecule has 0 radical (unpaired) electrons. The van der Waals surface area contributed by atoms with E-state index < -0.39 is 6.04 Å². The van der Waals surface area contributed by atoms with Gasteiger partial charge in [0.15, 0.2) is 0 Å². The molecule has 0 bridgehead atoms. The van der Waals surface area contributed by atoms with E-state index in [0.717, 1.165) is 84.1 Å². The molecule has 218 valence electrons. The van der Waals surface area contributed by atoms with Gasteiger partial charge in [0.2, 0.25) is 11.8 Å². The van der Waals surface area contributed by atoms with Gasteiger partial charge >= 0.3 is 0 Å². The summed E-state index contributed by atoms with van der Waals surface area (Å²) in [6, 6.07) is 16.4. The molecule has 0 aliphatic carbocycles. The Kier molecular flexibility index (Phi) is 7.93. The maximum Gasteiger partial charge on any atom is 0.239 e. The van der Waals surface area contributed by atoms with E-state index in [1.54, 1.807) is 4.90 Å². The summed E-state index contributed by atoms with van der Waals surface area (Å²) in [5.74, 6) is 2.19. The number of nitrogens with one attached hydrogen (secondary N) is 2. The van der Waals surface area contributed by atoms with E-state index in [1.165, 1.54) is 0 Å². The molecule has 2 aromatic heterocycles. The first-order valence-corrected chi connectivity index (χ1v) is 15.0. The lowest BCUT2D eigenvalue weighted by atomic mass is 10.0. The van der Waals surface area contributed by atoms with Crippen LogP contribution >= 0.6 is 0 Å². The van der Waals surface area contributed by atoms with Crippen molar-refractivity contribution in [3.8, 4) is 33.6 Å². The van der Waals surface area contributed by atoms with Crippen molar-refractivity contribution >= 4 is 11.8 Å². The number of likely N-dealkylation sites (tertiary alicyclic amines) is 2. The third-order valence-corrected chi connectivity index (χ3v) is 8.33. The van der Waals surface area contributed by atoms with Crippen LogP contribution < -0.4 is 5.73 Å². The predicted molar refractivity (Wildman–Crippen MR) is 163 cm³/mol. The highest BCUT2D eigenvalue weighted by Gasteiger charge is 2.32. The van der Waals surface area contributed by atoms with Gasteiger partial charge in [0, 0.05) is 19.5 Å². The van der Waals surface area contributed by atoms with Gasteiger partial charge in [-0.15, -0.1) is 0 Å². The van der Waals surface area contributed by atoms with Gasteiger partial charge in [0.1, 0.15) is 11.6 Å². The number of carbonyl (C=O) groups is 2. The van der Waals surface area contributed by atoms with E-state index >= 15 is 0 Å². The standard InChI is InChI=1S/C33H39N7O2/c1-21(2)17-31(41)40-16-4-6-29(40)32-36-19-28(38-32)25-13-9-23(10-14-25)22-7-11-24(12-8-22)27-18-35-30(37-27)20-39-15-3-5-26(34)33(39)42/h7-14,18-19,21,26,29H,3-6,15-17,20,34H2,1-2H3,(H,35,37)(H,36,38)/t26-,29-/m0/s1. The van der Waals surface area contributed by atoms with Crippen molar-refractivity contribution < 1.29 is 9.59 Å². The van der Waals surface area contributed by atoms with Crippen molar-refractivity contribution in [2.24, 2.45) is 11.7 Å². The smallest absolute Gasteiger partial charge is 0.239 e. The topological polar surface area (TPSA) is 124 Å². The summed E-state index contributed by atoms with van der Waals surface area (Å²) in [6.45, 7) is 6.13. The number of nitrogens with two attached hydrogens (primary N) is 1. The Balaban J connectivity index is 1.10. The molecular formula is C33H39N7O2. The summed E-state index contributed by atoms with van der Waals surface area (Å²) >= 11 is 0. The monoisotopic (exact) mass is 565 g/mol. The van der Waals surface area contributed by atoms with Crippen LogP contribution in [0.15, 0.2) is 60.9 Å². The molecule has 2 atom stereocenters. The zero-order valence-electron chi connectivity index (χ0n) is 24.3. The second-order valence-electron chi connectivity index (χ2n) is 11.9. The highest BCUT2D eigenvalue weighted by atomic mass is 16.2. The lowest BCUT2D eigenvalue weighted by Gasteiger charge is -2.29. The number of hydrogen-bond acceptors (Lipinski definition) is 5. The molecule has 2 amide bonds. The third kappa shape index (κ3) is 5.87. The quantitative estimate of drug-likeness (QED) is 0.268. The van der Waals surface area contributed by atoms with Crippen molar-refractivity contribution in [1.29, 1.82) is 0 Å². The molecule has 0 spiro atoms. The number of benzene rings is 2. The van der Waals surface area contributed by atoms with E-state index in [9.17, 15) is 9.59 Å². The molecule has 42 heavy (non-hydrogen) atoms. The lowest BCUT2D eigenvalue weighted by molar-refractivity contribution is -0.135. The van der Waals surface area contributed by atoms with E-state index in [4.69, 9.17) is 5.73 Å². The fourth-order valence-corrected chi connectivity index (χ4v) is 6.05. The Morgan fingerprint density at radius 1 is 0.881 bits per heavy atom. The van der Waals surface area contributed by atoms with Gasteiger partial charge in [-0.3, -0.25) is 9.59 Å². The predicted octanol–water partition coefficient (Wildman–Crippen LogP) is 5.29. The van der Waals surface area contributed by atoms with E-state index in [2.05, 4.69) is 82.3 Å². The first-order valence-electron chi connectivity index (χ1n) is 15.0. The molecule has 4 aromatic rings. The van der Waals surface area contributed by atoms with Crippen LogP contribution in [-0.4, -0.2) is 60.7 Å². The first-order chi connectivity index (χ1) is 20.4. The minimum Gasteiger partial charge on any atom is -0.341 e. The van der Waals surface area contributed by atoms with Crippen LogP contribution in [0.1, 0.15) is 63.6 Å². The second kappa shape index (κ2) is 11.9. The van der Waals surface area contributed by atoms with Crippen LogP contribution in [0.3, 0.4) is 0 Å². The van der Waals surface area contributed by atoms with Crippen LogP contribution in [-0.2, 0) is 16.1 Å². The molecule has 2 aliphatic rings. The van der Waals surface area contributed by atoms with Crippen LogP contribution in [0.4, 0.5) is 0 Å². The van der Waals surface area contributed by atoms with Gasteiger partial charge in [-0.2, -0.15) is 0 Å². The van der Waals surface area contributed by atoms with Gasteiger partial charge < -0.3 is 25.5 Å². The average Bonchev–Trinajstić information content (AvgIpc) is 3.76.